The Labute approximate surface area is 196 Å². The van der Waals surface area contributed by atoms with Crippen molar-refractivity contribution < 1.29 is 24.3 Å². The summed E-state index contributed by atoms with van der Waals surface area (Å²) in [6, 6.07) is 10.6. The number of carbonyl (C=O) groups excluding carboxylic acids is 4. The van der Waals surface area contributed by atoms with Gasteiger partial charge in [-0.05, 0) is 47.2 Å². The van der Waals surface area contributed by atoms with Gasteiger partial charge in [-0.15, -0.1) is 0 Å². The predicted molar refractivity (Wildman–Crippen MR) is 123 cm³/mol. The van der Waals surface area contributed by atoms with Crippen LogP contribution in [0.5, 0.6) is 0 Å². The number of piperidine rings is 1. The molecule has 0 bridgehead atoms. The fourth-order valence-electron chi connectivity index (χ4n) is 4.00. The van der Waals surface area contributed by atoms with E-state index in [4.69, 9.17) is 0 Å². The van der Waals surface area contributed by atoms with Crippen LogP contribution in [0.25, 0.3) is 0 Å². The van der Waals surface area contributed by atoms with E-state index >= 15 is 0 Å². The third-order valence-electron chi connectivity index (χ3n) is 5.91. The van der Waals surface area contributed by atoms with Crippen LogP contribution in [0, 0.1) is 0 Å². The van der Waals surface area contributed by atoms with Gasteiger partial charge in [0.25, 0.3) is 11.8 Å². The second-order valence-electron chi connectivity index (χ2n) is 9.40. The minimum Gasteiger partial charge on any atom is -0.846 e. The van der Waals surface area contributed by atoms with E-state index in [0.717, 1.165) is 10.5 Å². The van der Waals surface area contributed by atoms with Gasteiger partial charge in [0.05, 0.1) is 23.7 Å². The monoisotopic (exact) mass is 461 g/mol. The molecule has 2 aliphatic rings. The van der Waals surface area contributed by atoms with E-state index in [2.05, 4.69) is 36.4 Å². The van der Waals surface area contributed by atoms with Gasteiger partial charge >= 0.3 is 0 Å². The number of fused-ring (bicyclic) bond motifs is 1. The molecule has 1 unspecified atom stereocenters. The zero-order valence-electron chi connectivity index (χ0n) is 19.2. The zero-order chi connectivity index (χ0) is 24.6. The van der Waals surface area contributed by atoms with E-state index in [1.165, 1.54) is 12.1 Å². The van der Waals surface area contributed by atoms with Crippen LogP contribution in [0.1, 0.15) is 65.5 Å². The Bertz CT molecular complexity index is 1210. The van der Waals surface area contributed by atoms with Crippen LogP contribution in [0.3, 0.4) is 0 Å². The van der Waals surface area contributed by atoms with Crippen LogP contribution in [-0.2, 0) is 21.5 Å². The molecule has 2 heterocycles. The van der Waals surface area contributed by atoms with Gasteiger partial charge in [-0.3, -0.25) is 34.4 Å². The molecule has 0 radical (unpaired) electrons. The molecule has 2 aromatic carbocycles. The molecule has 2 aromatic rings. The standard InChI is InChI=1S/C25H26N4O5/c1-25(2,3)15-5-7-16(8-6-15)27-24(34)26-13-14-4-9-17-18(12-14)23(33)29(22(17)32)19-10-11-20(30)28-21(19)31/h4-9,12,19H,10-11,13H2,1-3H3,(H2,26,27,34)(H,28,30,31)/p-1. The average molecular weight is 461 g/mol. The maximum Gasteiger partial charge on any atom is 0.262 e. The Balaban J connectivity index is 1.45. The Morgan fingerprint density at radius 3 is 2.38 bits per heavy atom. The Kier molecular flexibility index (Phi) is 5.95. The molecule has 4 amide bonds. The molecule has 9 nitrogen and oxygen atoms in total. The summed E-state index contributed by atoms with van der Waals surface area (Å²) in [4.78, 5) is 54.1. The smallest absolute Gasteiger partial charge is 0.262 e. The molecule has 0 spiro atoms. The van der Waals surface area contributed by atoms with Crippen LogP contribution < -0.4 is 15.7 Å². The van der Waals surface area contributed by atoms with Gasteiger partial charge in [-0.2, -0.15) is 0 Å². The molecule has 1 saturated heterocycles. The largest absolute Gasteiger partial charge is 0.846 e. The number of amides is 4. The second kappa shape index (κ2) is 8.74. The van der Waals surface area contributed by atoms with Crippen molar-refractivity contribution in [1.82, 2.24) is 10.2 Å². The van der Waals surface area contributed by atoms with Gasteiger partial charge in [-0.25, -0.2) is 0 Å². The summed E-state index contributed by atoms with van der Waals surface area (Å²) in [7, 11) is 0. The maximum atomic E-state index is 12.9. The lowest BCUT2D eigenvalue weighted by Crippen LogP contribution is -2.54. The molecular weight excluding hydrogens is 436 g/mol. The zero-order valence-corrected chi connectivity index (χ0v) is 19.2. The molecule has 0 saturated carbocycles. The summed E-state index contributed by atoms with van der Waals surface area (Å²) < 4.78 is 0. The SMILES string of the molecule is CC(C)(C)c1ccc(NC([O-])=NCc2ccc3c(c2)C(=O)N(C2CCC(=O)NC2=O)C3=O)cc1. The van der Waals surface area contributed by atoms with Crippen molar-refractivity contribution in [2.75, 3.05) is 5.32 Å². The van der Waals surface area contributed by atoms with Crippen LogP contribution in [0.15, 0.2) is 47.5 Å². The highest BCUT2D eigenvalue weighted by molar-refractivity contribution is 6.23. The summed E-state index contributed by atoms with van der Waals surface area (Å²) in [5.41, 5.74) is 2.68. The van der Waals surface area contributed by atoms with Crippen LogP contribution in [-0.4, -0.2) is 40.6 Å². The van der Waals surface area contributed by atoms with Crippen molar-refractivity contribution in [2.24, 2.45) is 4.99 Å². The van der Waals surface area contributed by atoms with E-state index in [1.807, 2.05) is 24.3 Å². The van der Waals surface area contributed by atoms with Crippen molar-refractivity contribution >= 4 is 35.3 Å². The van der Waals surface area contributed by atoms with Crippen LogP contribution in [0.4, 0.5) is 5.69 Å². The summed E-state index contributed by atoms with van der Waals surface area (Å²) in [5.74, 6) is -2.26. The normalized spacial score (nSPS) is 18.7. The lowest BCUT2D eigenvalue weighted by Gasteiger charge is -2.27. The van der Waals surface area contributed by atoms with E-state index in [0.29, 0.717) is 11.3 Å². The van der Waals surface area contributed by atoms with Crippen molar-refractivity contribution in [3.63, 3.8) is 0 Å². The average Bonchev–Trinajstić information content (AvgIpc) is 3.02. The lowest BCUT2D eigenvalue weighted by atomic mass is 9.87. The minimum absolute atomic E-state index is 0.00703. The van der Waals surface area contributed by atoms with E-state index in [9.17, 15) is 24.3 Å². The number of aliphatic imine (C=N–C) groups is 1. The molecule has 34 heavy (non-hydrogen) atoms. The summed E-state index contributed by atoms with van der Waals surface area (Å²) in [6.07, 6.45) is 0.150. The fourth-order valence-corrected chi connectivity index (χ4v) is 4.00. The fraction of sp³-hybridized carbons (Fsp3) is 0.320. The first-order chi connectivity index (χ1) is 16.0. The van der Waals surface area contributed by atoms with Crippen molar-refractivity contribution in [3.8, 4) is 0 Å². The van der Waals surface area contributed by atoms with E-state index in [-0.39, 0.29) is 35.9 Å². The van der Waals surface area contributed by atoms with Gasteiger partial charge in [0, 0.05) is 12.1 Å². The van der Waals surface area contributed by atoms with E-state index in [1.54, 1.807) is 6.07 Å². The minimum atomic E-state index is -1.02. The molecule has 0 aromatic heterocycles. The summed E-state index contributed by atoms with van der Waals surface area (Å²) in [6.45, 7) is 6.33. The van der Waals surface area contributed by atoms with Crippen molar-refractivity contribution in [3.05, 3.63) is 64.7 Å². The highest BCUT2D eigenvalue weighted by Crippen LogP contribution is 2.28. The number of nitrogens with zero attached hydrogens (tertiary/aromatic N) is 2. The first-order valence-corrected chi connectivity index (χ1v) is 11.0. The Hall–Kier alpha value is -4.01. The number of carbonyl (C=O) groups is 4. The number of anilines is 1. The molecule has 9 heteroatoms. The molecule has 2 N–H and O–H groups in total. The molecule has 2 aliphatic heterocycles. The van der Waals surface area contributed by atoms with Crippen LogP contribution >= 0.6 is 0 Å². The highest BCUT2D eigenvalue weighted by atomic mass is 16.3. The Morgan fingerprint density at radius 1 is 1.06 bits per heavy atom. The molecule has 1 atom stereocenters. The molecule has 176 valence electrons. The number of imide groups is 2. The second-order valence-corrected chi connectivity index (χ2v) is 9.40. The number of benzene rings is 2. The van der Waals surface area contributed by atoms with Crippen molar-refractivity contribution in [1.29, 1.82) is 0 Å². The molecule has 0 aliphatic carbocycles. The molecule has 4 rings (SSSR count). The van der Waals surface area contributed by atoms with Gasteiger partial charge < -0.3 is 10.4 Å². The van der Waals surface area contributed by atoms with Gasteiger partial charge in [0.15, 0.2) is 0 Å². The highest BCUT2D eigenvalue weighted by Gasteiger charge is 2.44. The third-order valence-corrected chi connectivity index (χ3v) is 5.91. The van der Waals surface area contributed by atoms with Gasteiger partial charge in [0.2, 0.25) is 11.8 Å². The molecule has 1 fully saturated rings. The van der Waals surface area contributed by atoms with Crippen LogP contribution in [0.2, 0.25) is 0 Å². The number of rotatable bonds is 4. The number of nitrogens with one attached hydrogen (secondary N) is 2. The third kappa shape index (κ3) is 4.54. The quantitative estimate of drug-likeness (QED) is 0.405. The van der Waals surface area contributed by atoms with Gasteiger partial charge in [0.1, 0.15) is 6.04 Å². The first-order valence-electron chi connectivity index (χ1n) is 11.0. The molecular formula is C25H25N4O5-. The Morgan fingerprint density at radius 2 is 1.74 bits per heavy atom. The van der Waals surface area contributed by atoms with Gasteiger partial charge in [-0.1, -0.05) is 39.0 Å². The van der Waals surface area contributed by atoms with Crippen molar-refractivity contribution in [2.45, 2.75) is 51.6 Å². The lowest BCUT2D eigenvalue weighted by molar-refractivity contribution is -0.214. The predicted octanol–water partition coefficient (Wildman–Crippen LogP) is 1.71. The number of hydrogen-bond acceptors (Lipinski definition) is 6. The van der Waals surface area contributed by atoms with E-state index < -0.39 is 35.7 Å². The summed E-state index contributed by atoms with van der Waals surface area (Å²) in [5, 5.41) is 17.1. The number of amidine groups is 1. The summed E-state index contributed by atoms with van der Waals surface area (Å²) >= 11 is 0. The number of hydrogen-bond donors (Lipinski definition) is 2. The maximum absolute atomic E-state index is 12.9. The topological polar surface area (TPSA) is 131 Å². The first kappa shape index (κ1) is 23.2.